The summed E-state index contributed by atoms with van der Waals surface area (Å²) in [5, 5.41) is 0. The molecule has 118 valence electrons. The minimum absolute atomic E-state index is 0.368. The zero-order valence-corrected chi connectivity index (χ0v) is 11.8. The number of aliphatic imine (C=N–C) groups is 1. The summed E-state index contributed by atoms with van der Waals surface area (Å²) in [7, 11) is 0. The molecule has 1 saturated heterocycles. The molecule has 0 unspecified atom stereocenters. The van der Waals surface area contributed by atoms with Crippen molar-refractivity contribution in [3.05, 3.63) is 30.0 Å². The van der Waals surface area contributed by atoms with E-state index < -0.39 is 12.0 Å². The first-order valence-electron chi connectivity index (χ1n) is 7.08. The van der Waals surface area contributed by atoms with Gasteiger partial charge in [-0.15, -0.1) is 0 Å². The summed E-state index contributed by atoms with van der Waals surface area (Å²) in [6, 6.07) is 0. The van der Waals surface area contributed by atoms with Gasteiger partial charge in [-0.1, -0.05) is 0 Å². The van der Waals surface area contributed by atoms with E-state index in [1.165, 1.54) is 12.4 Å². The fourth-order valence-electron chi connectivity index (χ4n) is 2.78. The van der Waals surface area contributed by atoms with Gasteiger partial charge in [0.15, 0.2) is 0 Å². The van der Waals surface area contributed by atoms with Crippen molar-refractivity contribution in [2.45, 2.75) is 19.0 Å². The number of piperidine rings is 1. The van der Waals surface area contributed by atoms with Crippen molar-refractivity contribution >= 4 is 11.4 Å². The lowest BCUT2D eigenvalue weighted by atomic mass is 9.92. The van der Waals surface area contributed by atoms with Crippen molar-refractivity contribution in [2.75, 3.05) is 24.5 Å². The highest BCUT2D eigenvalue weighted by Gasteiger charge is 2.34. The second kappa shape index (κ2) is 5.58. The van der Waals surface area contributed by atoms with Crippen molar-refractivity contribution in [1.29, 1.82) is 0 Å². The van der Waals surface area contributed by atoms with Crippen LogP contribution in [0.4, 0.5) is 18.9 Å². The summed E-state index contributed by atoms with van der Waals surface area (Å²) in [6.45, 7) is 2.06. The van der Waals surface area contributed by atoms with Crippen molar-refractivity contribution < 1.29 is 13.2 Å². The molecule has 1 aromatic heterocycles. The van der Waals surface area contributed by atoms with Crippen LogP contribution >= 0.6 is 0 Å². The number of alkyl halides is 3. The fourth-order valence-corrected chi connectivity index (χ4v) is 2.78. The average Bonchev–Trinajstić information content (AvgIpc) is 2.93. The minimum Gasteiger partial charge on any atom is -0.400 e. The van der Waals surface area contributed by atoms with Crippen LogP contribution in [0.15, 0.2) is 29.2 Å². The van der Waals surface area contributed by atoms with Gasteiger partial charge in [-0.2, -0.15) is 13.2 Å². The second-order valence-corrected chi connectivity index (χ2v) is 5.48. The standard InChI is InChI=1S/C14H16F3N5/c15-14(16,17)13-20-7-11(8-21-13)22-3-1-9(2-4-22)12-5-10(18)6-19-12/h5,7-9H,1-4,6,18H2. The molecule has 2 N–H and O–H groups in total. The van der Waals surface area contributed by atoms with Gasteiger partial charge in [-0.05, 0) is 18.9 Å². The SMILES string of the molecule is NC1=CC(C2CCN(c3cnc(C(F)(F)F)nc3)CC2)=NC1. The van der Waals surface area contributed by atoms with Gasteiger partial charge in [-0.25, -0.2) is 9.97 Å². The molecular weight excluding hydrogens is 295 g/mol. The maximum absolute atomic E-state index is 12.4. The van der Waals surface area contributed by atoms with Crippen molar-refractivity contribution in [3.63, 3.8) is 0 Å². The second-order valence-electron chi connectivity index (χ2n) is 5.48. The van der Waals surface area contributed by atoms with Crippen LogP contribution in [0.3, 0.4) is 0 Å². The van der Waals surface area contributed by atoms with E-state index in [0.717, 1.165) is 37.3 Å². The van der Waals surface area contributed by atoms with Crippen LogP contribution < -0.4 is 10.6 Å². The number of allylic oxidation sites excluding steroid dienone is 1. The Morgan fingerprint density at radius 1 is 1.14 bits per heavy atom. The summed E-state index contributed by atoms with van der Waals surface area (Å²) >= 11 is 0. The van der Waals surface area contributed by atoms with Gasteiger partial charge in [0, 0.05) is 30.4 Å². The lowest BCUT2D eigenvalue weighted by molar-refractivity contribution is -0.144. The molecule has 1 aromatic rings. The van der Waals surface area contributed by atoms with Gasteiger partial charge in [0.1, 0.15) is 0 Å². The molecule has 2 aliphatic heterocycles. The van der Waals surface area contributed by atoms with Crippen molar-refractivity contribution in [2.24, 2.45) is 16.6 Å². The zero-order chi connectivity index (χ0) is 15.7. The summed E-state index contributed by atoms with van der Waals surface area (Å²) in [4.78, 5) is 13.2. The Kier molecular flexibility index (Phi) is 3.76. The van der Waals surface area contributed by atoms with E-state index >= 15 is 0 Å². The summed E-state index contributed by atoms with van der Waals surface area (Å²) in [5.41, 5.74) is 8.18. The lowest BCUT2D eigenvalue weighted by Gasteiger charge is -2.33. The number of hydrogen-bond donors (Lipinski definition) is 1. The first-order valence-corrected chi connectivity index (χ1v) is 7.08. The lowest BCUT2D eigenvalue weighted by Crippen LogP contribution is -2.36. The van der Waals surface area contributed by atoms with Crippen LogP contribution in [-0.2, 0) is 6.18 Å². The van der Waals surface area contributed by atoms with E-state index in [9.17, 15) is 13.2 Å². The van der Waals surface area contributed by atoms with Crippen LogP contribution in [0.25, 0.3) is 0 Å². The molecule has 0 bridgehead atoms. The van der Waals surface area contributed by atoms with Crippen LogP contribution in [-0.4, -0.2) is 35.3 Å². The molecular formula is C14H16F3N5. The Hall–Kier alpha value is -2.12. The molecule has 1 fully saturated rings. The fraction of sp³-hybridized carbons (Fsp3) is 0.500. The summed E-state index contributed by atoms with van der Waals surface area (Å²) in [6.07, 6.45) is 1.69. The van der Waals surface area contributed by atoms with Gasteiger partial charge in [0.05, 0.1) is 24.6 Å². The predicted molar refractivity (Wildman–Crippen MR) is 76.5 cm³/mol. The number of anilines is 1. The Morgan fingerprint density at radius 2 is 1.77 bits per heavy atom. The third-order valence-corrected chi connectivity index (χ3v) is 3.95. The van der Waals surface area contributed by atoms with Gasteiger partial charge in [0.25, 0.3) is 0 Å². The van der Waals surface area contributed by atoms with Crippen molar-refractivity contribution in [3.8, 4) is 0 Å². The first-order chi connectivity index (χ1) is 10.4. The van der Waals surface area contributed by atoms with Gasteiger partial charge in [-0.3, -0.25) is 4.99 Å². The normalized spacial score (nSPS) is 20.0. The maximum Gasteiger partial charge on any atom is 0.451 e. The number of nitrogens with two attached hydrogens (primary N) is 1. The molecule has 0 aromatic carbocycles. The van der Waals surface area contributed by atoms with E-state index in [1.807, 2.05) is 11.0 Å². The molecule has 0 aliphatic carbocycles. The van der Waals surface area contributed by atoms with Crippen LogP contribution in [0, 0.1) is 5.92 Å². The Labute approximate surface area is 125 Å². The average molecular weight is 311 g/mol. The van der Waals surface area contributed by atoms with E-state index in [0.29, 0.717) is 18.2 Å². The van der Waals surface area contributed by atoms with E-state index in [4.69, 9.17) is 5.73 Å². The minimum atomic E-state index is -4.50. The van der Waals surface area contributed by atoms with Crippen LogP contribution in [0.1, 0.15) is 18.7 Å². The number of halogens is 3. The van der Waals surface area contributed by atoms with E-state index in [-0.39, 0.29) is 0 Å². The molecule has 3 heterocycles. The molecule has 0 amide bonds. The third kappa shape index (κ3) is 3.05. The van der Waals surface area contributed by atoms with E-state index in [1.54, 1.807) is 0 Å². The van der Waals surface area contributed by atoms with Gasteiger partial charge < -0.3 is 10.6 Å². The maximum atomic E-state index is 12.4. The molecule has 0 spiro atoms. The number of hydrogen-bond acceptors (Lipinski definition) is 5. The Bertz CT molecular complexity index is 598. The zero-order valence-electron chi connectivity index (χ0n) is 11.8. The molecule has 5 nitrogen and oxygen atoms in total. The van der Waals surface area contributed by atoms with Crippen molar-refractivity contribution in [1.82, 2.24) is 9.97 Å². The topological polar surface area (TPSA) is 67.4 Å². The Morgan fingerprint density at radius 3 is 2.27 bits per heavy atom. The molecule has 8 heteroatoms. The first kappa shape index (κ1) is 14.8. The number of nitrogens with zero attached hydrogens (tertiary/aromatic N) is 4. The molecule has 22 heavy (non-hydrogen) atoms. The van der Waals surface area contributed by atoms with Gasteiger partial charge in [0.2, 0.25) is 5.82 Å². The number of rotatable bonds is 2. The predicted octanol–water partition coefficient (Wildman–Crippen LogP) is 2.01. The monoisotopic (exact) mass is 311 g/mol. The molecule has 0 saturated carbocycles. The van der Waals surface area contributed by atoms with E-state index in [2.05, 4.69) is 15.0 Å². The quantitative estimate of drug-likeness (QED) is 0.907. The highest BCUT2D eigenvalue weighted by Crippen LogP contribution is 2.28. The largest absolute Gasteiger partial charge is 0.451 e. The third-order valence-electron chi connectivity index (χ3n) is 3.95. The molecule has 3 rings (SSSR count). The highest BCUT2D eigenvalue weighted by atomic mass is 19.4. The summed E-state index contributed by atoms with van der Waals surface area (Å²) < 4.78 is 37.3. The van der Waals surface area contributed by atoms with Gasteiger partial charge >= 0.3 is 6.18 Å². The summed E-state index contributed by atoms with van der Waals surface area (Å²) in [5.74, 6) is -0.736. The highest BCUT2D eigenvalue weighted by molar-refractivity contribution is 5.99. The Balaban J connectivity index is 1.62. The van der Waals surface area contributed by atoms with Crippen LogP contribution in [0.5, 0.6) is 0 Å². The smallest absolute Gasteiger partial charge is 0.400 e. The number of aromatic nitrogens is 2. The van der Waals surface area contributed by atoms with Crippen LogP contribution in [0.2, 0.25) is 0 Å². The molecule has 0 atom stereocenters. The molecule has 0 radical (unpaired) electrons. The molecule has 2 aliphatic rings.